The molecule has 116 valence electrons. The van der Waals surface area contributed by atoms with Gasteiger partial charge in [0.25, 0.3) is 0 Å². The molecule has 2 aromatic rings. The summed E-state index contributed by atoms with van der Waals surface area (Å²) in [6.45, 7) is 2.81. The van der Waals surface area contributed by atoms with Crippen molar-refractivity contribution in [2.24, 2.45) is 0 Å². The van der Waals surface area contributed by atoms with Crippen molar-refractivity contribution in [2.75, 3.05) is 12.3 Å². The van der Waals surface area contributed by atoms with E-state index < -0.39 is 0 Å². The molecule has 0 radical (unpaired) electrons. The molecule has 0 saturated carbocycles. The van der Waals surface area contributed by atoms with Gasteiger partial charge in [0.2, 0.25) is 5.91 Å². The maximum Gasteiger partial charge on any atom is 0.224 e. The molecule has 0 saturated heterocycles. The van der Waals surface area contributed by atoms with Gasteiger partial charge in [-0.15, -0.1) is 0 Å². The summed E-state index contributed by atoms with van der Waals surface area (Å²) in [6, 6.07) is 15.8. The molecular formula is C18H20ClNOS. The van der Waals surface area contributed by atoms with Crippen LogP contribution in [0.5, 0.6) is 0 Å². The first-order valence-electron chi connectivity index (χ1n) is 7.29. The van der Waals surface area contributed by atoms with Gasteiger partial charge in [0.1, 0.15) is 0 Å². The van der Waals surface area contributed by atoms with E-state index in [0.29, 0.717) is 18.0 Å². The molecule has 1 N–H and O–H groups in total. The summed E-state index contributed by atoms with van der Waals surface area (Å²) in [5.41, 5.74) is 3.54. The third-order valence-corrected chi connectivity index (χ3v) is 4.77. The Morgan fingerprint density at radius 2 is 1.77 bits per heavy atom. The largest absolute Gasteiger partial charge is 0.355 e. The normalized spacial score (nSPS) is 10.5. The van der Waals surface area contributed by atoms with Crippen LogP contribution in [0.25, 0.3) is 0 Å². The number of aryl methyl sites for hydroxylation is 1. The zero-order valence-electron chi connectivity index (χ0n) is 12.6. The number of carbonyl (C=O) groups excluding carboxylic acids is 1. The third kappa shape index (κ3) is 5.39. The van der Waals surface area contributed by atoms with Gasteiger partial charge in [-0.05, 0) is 29.7 Å². The second kappa shape index (κ2) is 8.86. The summed E-state index contributed by atoms with van der Waals surface area (Å²) < 4.78 is 0. The van der Waals surface area contributed by atoms with E-state index in [-0.39, 0.29) is 5.91 Å². The van der Waals surface area contributed by atoms with E-state index >= 15 is 0 Å². The molecule has 2 nitrogen and oxygen atoms in total. The average Bonchev–Trinajstić information content (AvgIpc) is 2.51. The van der Waals surface area contributed by atoms with E-state index in [1.54, 1.807) is 0 Å². The molecule has 0 aliphatic heterocycles. The Hall–Kier alpha value is -1.45. The molecule has 0 unspecified atom stereocenters. The van der Waals surface area contributed by atoms with Crippen LogP contribution >= 0.6 is 23.4 Å². The van der Waals surface area contributed by atoms with E-state index in [4.69, 9.17) is 11.6 Å². The maximum atomic E-state index is 11.9. The minimum atomic E-state index is 0.0181. The van der Waals surface area contributed by atoms with Crippen LogP contribution in [-0.4, -0.2) is 18.2 Å². The van der Waals surface area contributed by atoms with E-state index in [1.165, 1.54) is 11.1 Å². The van der Waals surface area contributed by atoms with Crippen molar-refractivity contribution < 1.29 is 4.79 Å². The van der Waals surface area contributed by atoms with Crippen molar-refractivity contribution in [3.8, 4) is 0 Å². The highest BCUT2D eigenvalue weighted by Crippen LogP contribution is 2.16. The summed E-state index contributed by atoms with van der Waals surface area (Å²) in [5, 5.41) is 3.59. The lowest BCUT2D eigenvalue weighted by atomic mass is 10.1. The maximum absolute atomic E-state index is 11.9. The summed E-state index contributed by atoms with van der Waals surface area (Å²) in [6.07, 6.45) is 0.335. The molecule has 0 aliphatic carbocycles. The fraction of sp³-hybridized carbons (Fsp3) is 0.278. The van der Waals surface area contributed by atoms with Gasteiger partial charge in [0.05, 0.1) is 6.42 Å². The molecule has 0 spiro atoms. The van der Waals surface area contributed by atoms with Crippen molar-refractivity contribution in [1.82, 2.24) is 5.32 Å². The molecule has 0 aromatic heterocycles. The zero-order chi connectivity index (χ0) is 15.8. The topological polar surface area (TPSA) is 29.1 Å². The van der Waals surface area contributed by atoms with Gasteiger partial charge in [-0.1, -0.05) is 54.1 Å². The Labute approximate surface area is 141 Å². The second-order valence-electron chi connectivity index (χ2n) is 5.10. The monoisotopic (exact) mass is 333 g/mol. The van der Waals surface area contributed by atoms with Crippen molar-refractivity contribution in [3.05, 3.63) is 70.2 Å². The lowest BCUT2D eigenvalue weighted by Crippen LogP contribution is -2.27. The minimum absolute atomic E-state index is 0.0181. The highest BCUT2D eigenvalue weighted by atomic mass is 35.5. The number of thioether (sulfide) groups is 1. The molecule has 4 heteroatoms. The Balaban J connectivity index is 1.65. The molecule has 0 atom stereocenters. The van der Waals surface area contributed by atoms with Gasteiger partial charge in [-0.2, -0.15) is 11.8 Å². The number of carbonyl (C=O) groups is 1. The van der Waals surface area contributed by atoms with Crippen LogP contribution < -0.4 is 5.32 Å². The fourth-order valence-corrected chi connectivity index (χ4v) is 3.23. The summed E-state index contributed by atoms with van der Waals surface area (Å²) >= 11 is 7.88. The van der Waals surface area contributed by atoms with Crippen LogP contribution in [0.4, 0.5) is 0 Å². The molecule has 0 heterocycles. The van der Waals surface area contributed by atoms with Crippen LogP contribution in [0.1, 0.15) is 16.7 Å². The molecule has 22 heavy (non-hydrogen) atoms. The minimum Gasteiger partial charge on any atom is -0.355 e. The molecular weight excluding hydrogens is 314 g/mol. The van der Waals surface area contributed by atoms with Gasteiger partial charge in [-0.3, -0.25) is 4.79 Å². The van der Waals surface area contributed by atoms with Gasteiger partial charge in [0.15, 0.2) is 0 Å². The van der Waals surface area contributed by atoms with Crippen LogP contribution in [0.3, 0.4) is 0 Å². The number of rotatable bonds is 7. The Kier molecular flexibility index (Phi) is 6.81. The van der Waals surface area contributed by atoms with E-state index in [2.05, 4.69) is 36.5 Å². The lowest BCUT2D eigenvalue weighted by Gasteiger charge is -2.07. The first-order valence-corrected chi connectivity index (χ1v) is 8.82. The quantitative estimate of drug-likeness (QED) is 0.768. The Bertz CT molecular complexity index is 630. The number of hydrogen-bond acceptors (Lipinski definition) is 2. The van der Waals surface area contributed by atoms with Crippen molar-refractivity contribution in [1.29, 1.82) is 0 Å². The smallest absolute Gasteiger partial charge is 0.224 e. The SMILES string of the molecule is Cc1ccccc1CSCCNC(=O)Cc1ccccc1Cl. The van der Waals surface area contributed by atoms with Gasteiger partial charge in [0, 0.05) is 23.1 Å². The highest BCUT2D eigenvalue weighted by molar-refractivity contribution is 7.98. The van der Waals surface area contributed by atoms with Crippen LogP contribution in [0.2, 0.25) is 5.02 Å². The van der Waals surface area contributed by atoms with E-state index in [1.807, 2.05) is 36.0 Å². The van der Waals surface area contributed by atoms with Crippen LogP contribution in [-0.2, 0) is 17.0 Å². The zero-order valence-corrected chi connectivity index (χ0v) is 14.2. The highest BCUT2D eigenvalue weighted by Gasteiger charge is 2.06. The fourth-order valence-electron chi connectivity index (χ4n) is 2.09. The Morgan fingerprint density at radius 3 is 2.50 bits per heavy atom. The van der Waals surface area contributed by atoms with Crippen molar-refractivity contribution in [3.63, 3.8) is 0 Å². The number of benzene rings is 2. The van der Waals surface area contributed by atoms with Gasteiger partial charge < -0.3 is 5.32 Å². The van der Waals surface area contributed by atoms with E-state index in [0.717, 1.165) is 17.1 Å². The third-order valence-electron chi connectivity index (χ3n) is 3.40. The van der Waals surface area contributed by atoms with Gasteiger partial charge in [-0.25, -0.2) is 0 Å². The molecule has 0 bridgehead atoms. The molecule has 2 aromatic carbocycles. The molecule has 0 aliphatic rings. The van der Waals surface area contributed by atoms with E-state index in [9.17, 15) is 4.79 Å². The summed E-state index contributed by atoms with van der Waals surface area (Å²) in [7, 11) is 0. The Morgan fingerprint density at radius 1 is 1.09 bits per heavy atom. The van der Waals surface area contributed by atoms with Crippen molar-refractivity contribution in [2.45, 2.75) is 19.1 Å². The van der Waals surface area contributed by atoms with Crippen LogP contribution in [0, 0.1) is 6.92 Å². The first-order chi connectivity index (χ1) is 10.7. The van der Waals surface area contributed by atoms with Gasteiger partial charge >= 0.3 is 0 Å². The predicted molar refractivity (Wildman–Crippen MR) is 95.5 cm³/mol. The standard InChI is InChI=1S/C18H20ClNOS/c1-14-6-2-3-8-16(14)13-22-11-10-20-18(21)12-15-7-4-5-9-17(15)19/h2-9H,10-13H2,1H3,(H,20,21). The van der Waals surface area contributed by atoms with Crippen molar-refractivity contribution >= 4 is 29.3 Å². The summed E-state index contributed by atoms with van der Waals surface area (Å²) in [5.74, 6) is 1.90. The molecule has 0 fully saturated rings. The molecule has 1 amide bonds. The first kappa shape index (κ1) is 16.9. The lowest BCUT2D eigenvalue weighted by molar-refractivity contribution is -0.120. The molecule has 2 rings (SSSR count). The number of hydrogen-bond donors (Lipinski definition) is 1. The number of halogens is 1. The predicted octanol–water partition coefficient (Wildman–Crippen LogP) is 4.24. The van der Waals surface area contributed by atoms with Crippen LogP contribution in [0.15, 0.2) is 48.5 Å². The number of nitrogens with one attached hydrogen (secondary N) is 1. The summed E-state index contributed by atoms with van der Waals surface area (Å²) in [4.78, 5) is 11.9. The average molecular weight is 334 g/mol. The number of amides is 1. The second-order valence-corrected chi connectivity index (χ2v) is 6.61.